The molecule has 0 radical (unpaired) electrons. The lowest BCUT2D eigenvalue weighted by Gasteiger charge is -2.11. The summed E-state index contributed by atoms with van der Waals surface area (Å²) in [5, 5.41) is 3.92. The van der Waals surface area contributed by atoms with Gasteiger partial charge in [-0.2, -0.15) is 0 Å². The zero-order valence-corrected chi connectivity index (χ0v) is 19.0. The van der Waals surface area contributed by atoms with Gasteiger partial charge in [0.25, 0.3) is 11.1 Å². The molecule has 0 saturated heterocycles. The number of nitrogens with zero attached hydrogens (tertiary/aromatic N) is 3. The molecule has 8 nitrogen and oxygen atoms in total. The molecule has 2 heterocycles. The lowest BCUT2D eigenvalue weighted by atomic mass is 10.1. The third kappa shape index (κ3) is 4.32. The number of carbonyl (C=O) groups excluding carboxylic acids is 1. The minimum absolute atomic E-state index is 0.0273. The van der Waals surface area contributed by atoms with Gasteiger partial charge in [-0.25, -0.2) is 4.68 Å². The molecule has 0 atom stereocenters. The molecule has 4 rings (SSSR count). The first-order valence-corrected chi connectivity index (χ1v) is 10.7. The molecule has 0 aliphatic heterocycles. The van der Waals surface area contributed by atoms with Crippen LogP contribution in [0, 0.1) is 6.92 Å². The lowest BCUT2D eigenvalue weighted by molar-refractivity contribution is -0.116. The van der Waals surface area contributed by atoms with Crippen molar-refractivity contribution < 1.29 is 9.53 Å². The molecule has 0 spiro atoms. The van der Waals surface area contributed by atoms with Crippen molar-refractivity contribution in [2.45, 2.75) is 33.4 Å². The Hall–Kier alpha value is -4.07. The van der Waals surface area contributed by atoms with E-state index < -0.39 is 5.91 Å². The van der Waals surface area contributed by atoms with E-state index >= 15 is 0 Å². The van der Waals surface area contributed by atoms with Gasteiger partial charge in [0.1, 0.15) is 18.0 Å². The fourth-order valence-corrected chi connectivity index (χ4v) is 3.78. The Labute approximate surface area is 190 Å². The Morgan fingerprint density at radius 2 is 1.76 bits per heavy atom. The molecule has 0 aliphatic rings. The highest BCUT2D eigenvalue weighted by Gasteiger charge is 2.18. The number of benzene rings is 2. The number of hydrogen-bond acceptors (Lipinski definition) is 4. The fraction of sp³-hybridized carbons (Fsp3) is 0.240. The Bertz CT molecular complexity index is 1450. The van der Waals surface area contributed by atoms with Crippen molar-refractivity contribution in [3.63, 3.8) is 0 Å². The highest BCUT2D eigenvalue weighted by atomic mass is 16.5. The summed E-state index contributed by atoms with van der Waals surface area (Å²) in [5.41, 5.74) is 0.875. The molecule has 2 aromatic heterocycles. The van der Waals surface area contributed by atoms with E-state index in [-0.39, 0.29) is 29.5 Å². The minimum atomic E-state index is -0.456. The van der Waals surface area contributed by atoms with E-state index in [4.69, 9.17) is 4.74 Å². The number of nitrogens with one attached hydrogen (secondary N) is 1. The summed E-state index contributed by atoms with van der Waals surface area (Å²) in [4.78, 5) is 38.7. The van der Waals surface area contributed by atoms with Crippen LogP contribution in [0.5, 0.6) is 5.75 Å². The maximum absolute atomic E-state index is 13.0. The van der Waals surface area contributed by atoms with E-state index in [9.17, 15) is 14.4 Å². The van der Waals surface area contributed by atoms with Crippen LogP contribution in [0.2, 0.25) is 0 Å². The molecule has 8 heteroatoms. The Morgan fingerprint density at radius 3 is 2.45 bits per heavy atom. The van der Waals surface area contributed by atoms with E-state index in [1.807, 2.05) is 44.2 Å². The van der Waals surface area contributed by atoms with Crippen LogP contribution in [0.25, 0.3) is 16.5 Å². The molecule has 2 aromatic carbocycles. The highest BCUT2D eigenvalue weighted by Crippen LogP contribution is 2.19. The first kappa shape index (κ1) is 22.1. The number of anilines is 1. The van der Waals surface area contributed by atoms with Crippen LogP contribution >= 0.6 is 0 Å². The molecule has 1 N–H and O–H groups in total. The van der Waals surface area contributed by atoms with E-state index in [0.29, 0.717) is 22.5 Å². The molecule has 0 fully saturated rings. The summed E-state index contributed by atoms with van der Waals surface area (Å²) in [6.45, 7) is 5.42. The van der Waals surface area contributed by atoms with Crippen molar-refractivity contribution in [1.29, 1.82) is 0 Å². The van der Waals surface area contributed by atoms with Gasteiger partial charge in [0.05, 0.1) is 17.5 Å². The standard InChI is InChI=1S/C25H26N4O4/c1-16(2)33-20-10-11-21-18(14-20)12-13-28(24(21)31)15-22(30)26-23-17(3)27(4)29(25(23)32)19-8-6-5-7-9-19/h5-14,16H,15H2,1-4H3,(H,26,30). The van der Waals surface area contributed by atoms with Crippen molar-refractivity contribution in [2.24, 2.45) is 7.05 Å². The van der Waals surface area contributed by atoms with E-state index in [1.54, 1.807) is 49.1 Å². The van der Waals surface area contributed by atoms with Crippen LogP contribution in [0.1, 0.15) is 19.5 Å². The maximum Gasteiger partial charge on any atom is 0.295 e. The second-order valence-corrected chi connectivity index (χ2v) is 8.15. The number of fused-ring (bicyclic) bond motifs is 1. The number of para-hydroxylation sites is 1. The van der Waals surface area contributed by atoms with Gasteiger partial charge in [-0.1, -0.05) is 18.2 Å². The first-order chi connectivity index (χ1) is 15.8. The average Bonchev–Trinajstić information content (AvgIpc) is 2.99. The van der Waals surface area contributed by atoms with Gasteiger partial charge in [0, 0.05) is 18.6 Å². The molecule has 170 valence electrons. The van der Waals surface area contributed by atoms with Crippen molar-refractivity contribution in [1.82, 2.24) is 13.9 Å². The van der Waals surface area contributed by atoms with E-state index in [2.05, 4.69) is 5.32 Å². The molecule has 33 heavy (non-hydrogen) atoms. The van der Waals surface area contributed by atoms with E-state index in [1.165, 1.54) is 9.25 Å². The summed E-state index contributed by atoms with van der Waals surface area (Å²) in [7, 11) is 1.75. The van der Waals surface area contributed by atoms with Gasteiger partial charge in [0.2, 0.25) is 5.91 Å². The Kier molecular flexibility index (Phi) is 5.91. The molecule has 0 aliphatic carbocycles. The zero-order chi connectivity index (χ0) is 23.7. The van der Waals surface area contributed by atoms with Gasteiger partial charge in [-0.15, -0.1) is 0 Å². The molecule has 0 unspecified atom stereocenters. The Morgan fingerprint density at radius 1 is 1.03 bits per heavy atom. The molecule has 0 saturated carbocycles. The normalized spacial score (nSPS) is 11.2. The monoisotopic (exact) mass is 446 g/mol. The van der Waals surface area contributed by atoms with E-state index in [0.717, 1.165) is 5.39 Å². The molecule has 1 amide bonds. The summed E-state index contributed by atoms with van der Waals surface area (Å²) < 4.78 is 10.2. The van der Waals surface area contributed by atoms with Gasteiger partial charge in [-0.05, 0) is 62.6 Å². The van der Waals surface area contributed by atoms with Gasteiger partial charge >= 0.3 is 0 Å². The zero-order valence-electron chi connectivity index (χ0n) is 19.0. The number of aromatic nitrogens is 3. The fourth-order valence-electron chi connectivity index (χ4n) is 3.78. The van der Waals surface area contributed by atoms with Gasteiger partial charge in [0.15, 0.2) is 0 Å². The minimum Gasteiger partial charge on any atom is -0.491 e. The smallest absolute Gasteiger partial charge is 0.295 e. The highest BCUT2D eigenvalue weighted by molar-refractivity contribution is 5.91. The molecular weight excluding hydrogens is 420 g/mol. The SMILES string of the molecule is Cc1c(NC(=O)Cn2ccc3cc(OC(C)C)ccc3c2=O)c(=O)n(-c2ccccc2)n1C. The number of carbonyl (C=O) groups is 1. The predicted molar refractivity (Wildman–Crippen MR) is 128 cm³/mol. The lowest BCUT2D eigenvalue weighted by Crippen LogP contribution is -2.29. The number of hydrogen-bond donors (Lipinski definition) is 1. The second kappa shape index (κ2) is 8.82. The topological polar surface area (TPSA) is 87.3 Å². The largest absolute Gasteiger partial charge is 0.491 e. The molecule has 0 bridgehead atoms. The van der Waals surface area contributed by atoms with Crippen LogP contribution < -0.4 is 21.2 Å². The number of amides is 1. The van der Waals surface area contributed by atoms with Gasteiger partial charge < -0.3 is 14.6 Å². The number of pyridine rings is 1. The maximum atomic E-state index is 13.0. The summed E-state index contributed by atoms with van der Waals surface area (Å²) in [6, 6.07) is 16.2. The third-order valence-electron chi connectivity index (χ3n) is 5.45. The first-order valence-electron chi connectivity index (χ1n) is 10.7. The third-order valence-corrected chi connectivity index (χ3v) is 5.45. The van der Waals surface area contributed by atoms with Crippen molar-refractivity contribution in [3.8, 4) is 11.4 Å². The van der Waals surface area contributed by atoms with Gasteiger partial charge in [-0.3, -0.25) is 19.1 Å². The van der Waals surface area contributed by atoms with Crippen molar-refractivity contribution in [2.75, 3.05) is 5.32 Å². The Balaban J connectivity index is 1.59. The van der Waals surface area contributed by atoms with Crippen molar-refractivity contribution in [3.05, 3.63) is 87.2 Å². The molecular formula is C25H26N4O4. The summed E-state index contributed by atoms with van der Waals surface area (Å²) in [5.74, 6) is 0.226. The van der Waals surface area contributed by atoms with Crippen LogP contribution in [0.15, 0.2) is 70.4 Å². The molecule has 4 aromatic rings. The summed E-state index contributed by atoms with van der Waals surface area (Å²) in [6.07, 6.45) is 1.60. The predicted octanol–water partition coefficient (Wildman–Crippen LogP) is 3.23. The summed E-state index contributed by atoms with van der Waals surface area (Å²) >= 11 is 0. The van der Waals surface area contributed by atoms with Crippen LogP contribution in [-0.2, 0) is 18.4 Å². The average molecular weight is 447 g/mol. The quantitative estimate of drug-likeness (QED) is 0.493. The second-order valence-electron chi connectivity index (χ2n) is 8.15. The van der Waals surface area contributed by atoms with Crippen LogP contribution in [0.4, 0.5) is 5.69 Å². The number of rotatable bonds is 6. The number of ether oxygens (including phenoxy) is 1. The van der Waals surface area contributed by atoms with Crippen molar-refractivity contribution >= 4 is 22.4 Å². The van der Waals surface area contributed by atoms with Crippen LogP contribution in [0.3, 0.4) is 0 Å². The van der Waals surface area contributed by atoms with Crippen LogP contribution in [-0.4, -0.2) is 25.9 Å².